The molecule has 0 atom stereocenters. The SMILES string of the molecule is COc1nc(C(C)(C)C)nc(NCc2ccc(F)cc2)c1N. The molecule has 118 valence electrons. The summed E-state index contributed by atoms with van der Waals surface area (Å²) in [4.78, 5) is 8.82. The van der Waals surface area contributed by atoms with Gasteiger partial charge in [0.1, 0.15) is 17.3 Å². The summed E-state index contributed by atoms with van der Waals surface area (Å²) in [5.41, 5.74) is 7.08. The molecule has 5 nitrogen and oxygen atoms in total. The number of anilines is 2. The van der Waals surface area contributed by atoms with E-state index in [9.17, 15) is 4.39 Å². The van der Waals surface area contributed by atoms with Crippen LogP contribution in [0.4, 0.5) is 15.9 Å². The molecule has 2 aromatic rings. The lowest BCUT2D eigenvalue weighted by Gasteiger charge is -2.20. The Hall–Kier alpha value is -2.37. The second kappa shape index (κ2) is 6.17. The number of rotatable bonds is 4. The predicted octanol–water partition coefficient (Wildman–Crippen LogP) is 3.12. The number of benzene rings is 1. The quantitative estimate of drug-likeness (QED) is 0.908. The molecule has 0 aliphatic carbocycles. The van der Waals surface area contributed by atoms with Crippen LogP contribution in [0.2, 0.25) is 0 Å². The highest BCUT2D eigenvalue weighted by Crippen LogP contribution is 2.30. The highest BCUT2D eigenvalue weighted by Gasteiger charge is 2.22. The molecule has 0 spiro atoms. The molecule has 1 heterocycles. The smallest absolute Gasteiger partial charge is 0.242 e. The Balaban J connectivity index is 2.27. The normalized spacial score (nSPS) is 11.3. The van der Waals surface area contributed by atoms with Gasteiger partial charge in [-0.15, -0.1) is 0 Å². The van der Waals surface area contributed by atoms with E-state index in [2.05, 4.69) is 15.3 Å². The molecule has 1 aromatic carbocycles. The number of nitrogen functional groups attached to an aromatic ring is 1. The molecule has 0 fully saturated rings. The fourth-order valence-electron chi connectivity index (χ4n) is 1.86. The van der Waals surface area contributed by atoms with Crippen LogP contribution in [0.1, 0.15) is 32.2 Å². The Morgan fingerprint density at radius 2 is 1.82 bits per heavy atom. The van der Waals surface area contributed by atoms with E-state index in [4.69, 9.17) is 10.5 Å². The van der Waals surface area contributed by atoms with Crippen LogP contribution in [0.25, 0.3) is 0 Å². The molecule has 0 saturated carbocycles. The molecule has 3 N–H and O–H groups in total. The van der Waals surface area contributed by atoms with Gasteiger partial charge in [0, 0.05) is 12.0 Å². The maximum absolute atomic E-state index is 12.9. The first-order chi connectivity index (χ1) is 10.3. The lowest BCUT2D eigenvalue weighted by atomic mass is 9.96. The van der Waals surface area contributed by atoms with Crippen LogP contribution in [0.15, 0.2) is 24.3 Å². The van der Waals surface area contributed by atoms with E-state index in [1.54, 1.807) is 12.1 Å². The summed E-state index contributed by atoms with van der Waals surface area (Å²) >= 11 is 0. The fraction of sp³-hybridized carbons (Fsp3) is 0.375. The van der Waals surface area contributed by atoms with Crippen molar-refractivity contribution in [2.75, 3.05) is 18.2 Å². The van der Waals surface area contributed by atoms with Gasteiger partial charge in [0.05, 0.1) is 7.11 Å². The number of hydrogen-bond donors (Lipinski definition) is 2. The van der Waals surface area contributed by atoms with E-state index in [0.29, 0.717) is 29.8 Å². The molecule has 0 amide bonds. The lowest BCUT2D eigenvalue weighted by Crippen LogP contribution is -2.19. The van der Waals surface area contributed by atoms with Crippen molar-refractivity contribution >= 4 is 11.5 Å². The van der Waals surface area contributed by atoms with Gasteiger partial charge in [0.15, 0.2) is 5.82 Å². The Bertz CT molecular complexity index is 650. The van der Waals surface area contributed by atoms with Crippen molar-refractivity contribution in [2.45, 2.75) is 32.7 Å². The number of nitrogens with zero attached hydrogens (tertiary/aromatic N) is 2. The van der Waals surface area contributed by atoms with Crippen molar-refractivity contribution in [3.05, 3.63) is 41.5 Å². The highest BCUT2D eigenvalue weighted by atomic mass is 19.1. The Morgan fingerprint density at radius 1 is 1.18 bits per heavy atom. The molecule has 0 aliphatic heterocycles. The number of hydrogen-bond acceptors (Lipinski definition) is 5. The summed E-state index contributed by atoms with van der Waals surface area (Å²) in [6.07, 6.45) is 0. The Kier molecular flexibility index (Phi) is 4.49. The molecule has 1 aromatic heterocycles. The van der Waals surface area contributed by atoms with Gasteiger partial charge in [0.2, 0.25) is 5.88 Å². The maximum Gasteiger partial charge on any atom is 0.242 e. The first kappa shape index (κ1) is 16.0. The Morgan fingerprint density at radius 3 is 2.36 bits per heavy atom. The maximum atomic E-state index is 12.9. The molecular formula is C16H21FN4O. The minimum absolute atomic E-state index is 0.229. The van der Waals surface area contributed by atoms with Crippen LogP contribution < -0.4 is 15.8 Å². The lowest BCUT2D eigenvalue weighted by molar-refractivity contribution is 0.391. The third kappa shape index (κ3) is 3.63. The third-order valence-electron chi connectivity index (χ3n) is 3.15. The number of nitrogens with one attached hydrogen (secondary N) is 1. The molecule has 0 bridgehead atoms. The molecule has 6 heteroatoms. The van der Waals surface area contributed by atoms with E-state index in [-0.39, 0.29) is 11.2 Å². The van der Waals surface area contributed by atoms with Gasteiger partial charge in [0.25, 0.3) is 0 Å². The molecule has 0 aliphatic rings. The van der Waals surface area contributed by atoms with Crippen LogP contribution >= 0.6 is 0 Å². The minimum Gasteiger partial charge on any atom is -0.479 e. The summed E-state index contributed by atoms with van der Waals surface area (Å²) in [5, 5.41) is 3.16. The summed E-state index contributed by atoms with van der Waals surface area (Å²) in [6, 6.07) is 6.26. The highest BCUT2D eigenvalue weighted by molar-refractivity contribution is 5.67. The van der Waals surface area contributed by atoms with Crippen LogP contribution in [-0.4, -0.2) is 17.1 Å². The van der Waals surface area contributed by atoms with Crippen LogP contribution in [0, 0.1) is 5.82 Å². The zero-order valence-electron chi connectivity index (χ0n) is 13.3. The number of nitrogens with two attached hydrogens (primary N) is 1. The third-order valence-corrected chi connectivity index (χ3v) is 3.15. The van der Waals surface area contributed by atoms with Gasteiger partial charge < -0.3 is 15.8 Å². The number of ether oxygens (including phenoxy) is 1. The van der Waals surface area contributed by atoms with Gasteiger partial charge in [-0.05, 0) is 17.7 Å². The van der Waals surface area contributed by atoms with Crippen molar-refractivity contribution in [1.82, 2.24) is 9.97 Å². The molecule has 0 saturated heterocycles. The summed E-state index contributed by atoms with van der Waals surface area (Å²) in [6.45, 7) is 6.53. The zero-order valence-corrected chi connectivity index (χ0v) is 13.3. The molecule has 22 heavy (non-hydrogen) atoms. The second-order valence-corrected chi connectivity index (χ2v) is 6.05. The summed E-state index contributed by atoms with van der Waals surface area (Å²) in [5.74, 6) is 1.24. The summed E-state index contributed by atoms with van der Waals surface area (Å²) < 4.78 is 18.1. The van der Waals surface area contributed by atoms with Gasteiger partial charge >= 0.3 is 0 Å². The Labute approximate surface area is 129 Å². The summed E-state index contributed by atoms with van der Waals surface area (Å²) in [7, 11) is 1.52. The molecule has 2 rings (SSSR count). The average molecular weight is 304 g/mol. The van der Waals surface area contributed by atoms with Crippen LogP contribution in [-0.2, 0) is 12.0 Å². The van der Waals surface area contributed by atoms with Crippen molar-refractivity contribution in [3.8, 4) is 5.88 Å². The van der Waals surface area contributed by atoms with E-state index >= 15 is 0 Å². The largest absolute Gasteiger partial charge is 0.479 e. The average Bonchev–Trinajstić information content (AvgIpc) is 2.46. The zero-order chi connectivity index (χ0) is 16.3. The fourth-order valence-corrected chi connectivity index (χ4v) is 1.86. The van der Waals surface area contributed by atoms with Gasteiger partial charge in [-0.1, -0.05) is 32.9 Å². The van der Waals surface area contributed by atoms with E-state index in [0.717, 1.165) is 5.56 Å². The van der Waals surface area contributed by atoms with Crippen molar-refractivity contribution in [1.29, 1.82) is 0 Å². The number of methoxy groups -OCH3 is 1. The van der Waals surface area contributed by atoms with Crippen LogP contribution in [0.5, 0.6) is 5.88 Å². The first-order valence-corrected chi connectivity index (χ1v) is 7.01. The van der Waals surface area contributed by atoms with Crippen LogP contribution in [0.3, 0.4) is 0 Å². The van der Waals surface area contributed by atoms with Crippen molar-refractivity contribution in [2.24, 2.45) is 0 Å². The molecule has 0 unspecified atom stereocenters. The molecular weight excluding hydrogens is 283 g/mol. The number of aromatic nitrogens is 2. The van der Waals surface area contributed by atoms with E-state index < -0.39 is 0 Å². The van der Waals surface area contributed by atoms with Crippen molar-refractivity contribution < 1.29 is 9.13 Å². The standard InChI is InChI=1S/C16H21FN4O/c1-16(2,3)15-20-13(12(18)14(21-15)22-4)19-9-10-5-7-11(17)8-6-10/h5-8H,9,18H2,1-4H3,(H,19,20,21). The number of halogens is 1. The predicted molar refractivity (Wildman–Crippen MR) is 85.4 cm³/mol. The van der Waals surface area contributed by atoms with E-state index in [1.807, 2.05) is 20.8 Å². The van der Waals surface area contributed by atoms with Gasteiger partial charge in [-0.3, -0.25) is 0 Å². The molecule has 0 radical (unpaired) electrons. The van der Waals surface area contributed by atoms with Gasteiger partial charge in [-0.25, -0.2) is 9.37 Å². The van der Waals surface area contributed by atoms with Gasteiger partial charge in [-0.2, -0.15) is 4.98 Å². The topological polar surface area (TPSA) is 73.1 Å². The minimum atomic E-state index is -0.262. The van der Waals surface area contributed by atoms with Crippen molar-refractivity contribution in [3.63, 3.8) is 0 Å². The monoisotopic (exact) mass is 304 g/mol. The second-order valence-electron chi connectivity index (χ2n) is 6.05. The van der Waals surface area contributed by atoms with E-state index in [1.165, 1.54) is 19.2 Å². The first-order valence-electron chi connectivity index (χ1n) is 7.01.